The van der Waals surface area contributed by atoms with Crippen LogP contribution in [0, 0.1) is 18.3 Å². The van der Waals surface area contributed by atoms with E-state index in [1.165, 1.54) is 18.2 Å². The van der Waals surface area contributed by atoms with Crippen molar-refractivity contribution in [3.8, 4) is 11.8 Å². The van der Waals surface area contributed by atoms with Crippen LogP contribution in [0.15, 0.2) is 66.4 Å². The maximum Gasteiger partial charge on any atom is 0.416 e. The molecule has 0 radical (unpaired) electrons. The molecular weight excluding hydrogens is 467 g/mol. The number of carbonyl (C=O) groups is 1. The Kier molecular flexibility index (Phi) is 6.09. The third-order valence-corrected chi connectivity index (χ3v) is 5.38. The Morgan fingerprint density at radius 1 is 1.18 bits per heavy atom. The van der Waals surface area contributed by atoms with Crippen molar-refractivity contribution in [1.29, 1.82) is 5.26 Å². The molecule has 0 aliphatic rings. The van der Waals surface area contributed by atoms with E-state index in [1.807, 2.05) is 6.07 Å². The molecule has 0 saturated heterocycles. The van der Waals surface area contributed by atoms with Crippen molar-refractivity contribution in [2.45, 2.75) is 13.1 Å². The van der Waals surface area contributed by atoms with E-state index in [-0.39, 0.29) is 22.0 Å². The molecule has 4 aromatic rings. The number of halogens is 4. The van der Waals surface area contributed by atoms with Crippen LogP contribution in [-0.4, -0.2) is 20.7 Å². The lowest BCUT2D eigenvalue weighted by atomic mass is 10.1. The van der Waals surface area contributed by atoms with E-state index in [0.29, 0.717) is 22.3 Å². The summed E-state index contributed by atoms with van der Waals surface area (Å²) in [6.07, 6.45) is -1.65. The van der Waals surface area contributed by atoms with Crippen molar-refractivity contribution in [1.82, 2.24) is 14.8 Å². The fourth-order valence-corrected chi connectivity index (χ4v) is 3.68. The second-order valence-corrected chi connectivity index (χ2v) is 7.61. The summed E-state index contributed by atoms with van der Waals surface area (Å²) in [5.41, 5.74) is 0.696. The number of alkyl halides is 3. The Balaban J connectivity index is 1.69. The van der Waals surface area contributed by atoms with Gasteiger partial charge in [-0.15, -0.1) is 0 Å². The minimum Gasteiger partial charge on any atom is -0.321 e. The summed E-state index contributed by atoms with van der Waals surface area (Å²) in [4.78, 5) is 17.1. The molecule has 0 unspecified atom stereocenters. The highest BCUT2D eigenvalue weighted by Crippen LogP contribution is 2.32. The number of aryl methyl sites for hydroxylation is 1. The smallest absolute Gasteiger partial charge is 0.321 e. The second kappa shape index (κ2) is 9.00. The van der Waals surface area contributed by atoms with Gasteiger partial charge in [0, 0.05) is 17.1 Å². The molecule has 2 heterocycles. The number of benzene rings is 2. The molecule has 0 aliphatic carbocycles. The minimum atomic E-state index is -4.53. The van der Waals surface area contributed by atoms with Gasteiger partial charge in [0.2, 0.25) is 0 Å². The molecule has 0 aliphatic heterocycles. The number of nitriles is 1. The van der Waals surface area contributed by atoms with E-state index in [4.69, 9.17) is 11.6 Å². The van der Waals surface area contributed by atoms with Crippen LogP contribution >= 0.6 is 11.6 Å². The SMILES string of the molecule is Cc1nn(-c2cccc(C(F)(F)F)c2)c(Cl)c1/C=C(\C#N)C(=O)Nc1cccc2ncccc12. The number of carbonyl (C=O) groups excluding carboxylic acids is 1. The molecule has 10 heteroatoms. The van der Waals surface area contributed by atoms with Gasteiger partial charge in [0.05, 0.1) is 28.1 Å². The first-order valence-corrected chi connectivity index (χ1v) is 10.3. The van der Waals surface area contributed by atoms with Crippen LogP contribution in [0.25, 0.3) is 22.7 Å². The number of hydrogen-bond donors (Lipinski definition) is 1. The average Bonchev–Trinajstić information content (AvgIpc) is 3.10. The van der Waals surface area contributed by atoms with Gasteiger partial charge in [-0.25, -0.2) is 4.68 Å². The number of rotatable bonds is 4. The monoisotopic (exact) mass is 481 g/mol. The second-order valence-electron chi connectivity index (χ2n) is 7.25. The Morgan fingerprint density at radius 2 is 1.94 bits per heavy atom. The van der Waals surface area contributed by atoms with E-state index < -0.39 is 17.6 Å². The van der Waals surface area contributed by atoms with Crippen LogP contribution in [0.1, 0.15) is 16.8 Å². The van der Waals surface area contributed by atoms with Gasteiger partial charge in [-0.05, 0) is 55.5 Å². The van der Waals surface area contributed by atoms with Gasteiger partial charge >= 0.3 is 6.18 Å². The highest BCUT2D eigenvalue weighted by atomic mass is 35.5. The van der Waals surface area contributed by atoms with Crippen molar-refractivity contribution in [3.05, 3.63) is 88.3 Å². The topological polar surface area (TPSA) is 83.6 Å². The lowest BCUT2D eigenvalue weighted by Crippen LogP contribution is -2.13. The summed E-state index contributed by atoms with van der Waals surface area (Å²) in [5, 5.41) is 17.1. The summed E-state index contributed by atoms with van der Waals surface area (Å²) in [6, 6.07) is 15.1. The maximum absolute atomic E-state index is 13.1. The van der Waals surface area contributed by atoms with E-state index in [1.54, 1.807) is 43.5 Å². The van der Waals surface area contributed by atoms with Crippen LogP contribution in [0.3, 0.4) is 0 Å². The predicted molar refractivity (Wildman–Crippen MR) is 122 cm³/mol. The zero-order valence-electron chi connectivity index (χ0n) is 17.6. The summed E-state index contributed by atoms with van der Waals surface area (Å²) in [7, 11) is 0. The Labute approximate surface area is 196 Å². The number of amides is 1. The first-order chi connectivity index (χ1) is 16.2. The molecule has 0 fully saturated rings. The highest BCUT2D eigenvalue weighted by Gasteiger charge is 2.31. The number of nitrogens with zero attached hydrogens (tertiary/aromatic N) is 4. The van der Waals surface area contributed by atoms with Crippen LogP contribution in [0.2, 0.25) is 5.15 Å². The number of hydrogen-bond acceptors (Lipinski definition) is 4. The zero-order valence-corrected chi connectivity index (χ0v) is 18.3. The van der Waals surface area contributed by atoms with Gasteiger partial charge in [0.15, 0.2) is 0 Å². The van der Waals surface area contributed by atoms with Gasteiger partial charge in [-0.2, -0.15) is 23.5 Å². The van der Waals surface area contributed by atoms with Crippen molar-refractivity contribution in [2.24, 2.45) is 0 Å². The van der Waals surface area contributed by atoms with Crippen molar-refractivity contribution < 1.29 is 18.0 Å². The number of fused-ring (bicyclic) bond motifs is 1. The summed E-state index contributed by atoms with van der Waals surface area (Å²) in [5.74, 6) is -0.680. The van der Waals surface area contributed by atoms with Gasteiger partial charge in [-0.3, -0.25) is 9.78 Å². The molecular formula is C24H15ClF3N5O. The first-order valence-electron chi connectivity index (χ1n) is 9.88. The quantitative estimate of drug-likeness (QED) is 0.288. The molecule has 0 spiro atoms. The lowest BCUT2D eigenvalue weighted by molar-refractivity contribution is -0.137. The third kappa shape index (κ3) is 4.49. The molecule has 2 aromatic heterocycles. The summed E-state index contributed by atoms with van der Waals surface area (Å²) >= 11 is 6.40. The fraction of sp³-hybridized carbons (Fsp3) is 0.0833. The van der Waals surface area contributed by atoms with Crippen molar-refractivity contribution >= 4 is 40.2 Å². The molecule has 4 rings (SSSR count). The minimum absolute atomic E-state index is 0.0354. The Bertz CT molecular complexity index is 1480. The average molecular weight is 482 g/mol. The van der Waals surface area contributed by atoms with Gasteiger partial charge < -0.3 is 5.32 Å². The Hall–Kier alpha value is -4.16. The van der Waals surface area contributed by atoms with Crippen LogP contribution in [-0.2, 0) is 11.0 Å². The molecule has 34 heavy (non-hydrogen) atoms. The maximum atomic E-state index is 13.1. The number of anilines is 1. The number of pyridine rings is 1. The molecule has 0 atom stereocenters. The van der Waals surface area contributed by atoms with Crippen molar-refractivity contribution in [2.75, 3.05) is 5.32 Å². The van der Waals surface area contributed by atoms with Gasteiger partial charge in [0.1, 0.15) is 16.8 Å². The normalized spacial score (nSPS) is 11.9. The van der Waals surface area contributed by atoms with E-state index in [2.05, 4.69) is 15.4 Å². The predicted octanol–water partition coefficient (Wildman–Crippen LogP) is 5.95. The first kappa shape index (κ1) is 23.0. The standard InChI is InChI=1S/C24H15ClF3N5O/c1-14-19(22(25)33(32-14)17-6-2-5-16(12-17)24(26,27)28)11-15(13-29)23(34)31-21-9-3-8-20-18(21)7-4-10-30-20/h2-12H,1H3,(H,31,34)/b15-11+. The summed E-state index contributed by atoms with van der Waals surface area (Å²) < 4.78 is 40.4. The van der Waals surface area contributed by atoms with Crippen LogP contribution < -0.4 is 5.32 Å². The third-order valence-electron chi connectivity index (χ3n) is 5.01. The highest BCUT2D eigenvalue weighted by molar-refractivity contribution is 6.31. The van der Waals surface area contributed by atoms with Gasteiger partial charge in [0.25, 0.3) is 5.91 Å². The lowest BCUT2D eigenvalue weighted by Gasteiger charge is -2.09. The molecule has 0 bridgehead atoms. The molecule has 170 valence electrons. The van der Waals surface area contributed by atoms with Crippen LogP contribution in [0.5, 0.6) is 0 Å². The van der Waals surface area contributed by atoms with Gasteiger partial charge in [-0.1, -0.05) is 23.7 Å². The Morgan fingerprint density at radius 3 is 2.68 bits per heavy atom. The molecule has 2 aromatic carbocycles. The van der Waals surface area contributed by atoms with E-state index in [9.17, 15) is 23.2 Å². The van der Waals surface area contributed by atoms with E-state index in [0.717, 1.165) is 16.8 Å². The molecule has 1 amide bonds. The van der Waals surface area contributed by atoms with Crippen LogP contribution in [0.4, 0.5) is 18.9 Å². The molecule has 0 saturated carbocycles. The molecule has 6 nitrogen and oxygen atoms in total. The van der Waals surface area contributed by atoms with E-state index >= 15 is 0 Å². The zero-order chi connectivity index (χ0) is 24.5. The largest absolute Gasteiger partial charge is 0.416 e. The molecule has 1 N–H and O–H groups in total. The van der Waals surface area contributed by atoms with Crippen molar-refractivity contribution in [3.63, 3.8) is 0 Å². The summed E-state index contributed by atoms with van der Waals surface area (Å²) in [6.45, 7) is 1.57. The number of aromatic nitrogens is 3. The number of nitrogens with one attached hydrogen (secondary N) is 1. The fourth-order valence-electron chi connectivity index (χ4n) is 3.36.